The maximum absolute atomic E-state index is 13.5. The van der Waals surface area contributed by atoms with Crippen LogP contribution >= 0.6 is 11.6 Å². The molecule has 158 valence electrons. The summed E-state index contributed by atoms with van der Waals surface area (Å²) in [6.45, 7) is 7.93. The second-order valence-electron chi connectivity index (χ2n) is 7.10. The number of alkyl halides is 3. The molecule has 0 aromatic heterocycles. The highest BCUT2D eigenvalue weighted by Crippen LogP contribution is 2.36. The quantitative estimate of drug-likeness (QED) is 0.641. The van der Waals surface area contributed by atoms with Crippen LogP contribution in [-0.4, -0.2) is 41.7 Å². The zero-order chi connectivity index (χ0) is 21.9. The molecule has 0 aliphatic carbocycles. The molecular weight excluding hydrogens is 419 g/mol. The number of aliphatic carboxylic acids is 1. The minimum atomic E-state index is -4.49. The van der Waals surface area contributed by atoms with Crippen molar-refractivity contribution in [1.82, 2.24) is 4.90 Å². The van der Waals surface area contributed by atoms with Gasteiger partial charge in [0.15, 0.2) is 0 Å². The molecule has 0 bridgehead atoms. The van der Waals surface area contributed by atoms with E-state index in [0.29, 0.717) is 25.2 Å². The molecule has 0 unspecified atom stereocenters. The summed E-state index contributed by atoms with van der Waals surface area (Å²) in [4.78, 5) is 17.9. The standard InChI is InChI=1S/C21H19ClF3N3O2/c1-26-19-7-6-15(10-18(19)22)28(16-8-9-27(12-16)13-20(29)30)11-14-4-2-3-5-17(14)21(23,24)25/h2-7,10,16H,8-9,11-13H2,(H,29,30)/t16-/m0/s1. The molecule has 2 aromatic rings. The second-order valence-corrected chi connectivity index (χ2v) is 7.51. The van der Waals surface area contributed by atoms with Gasteiger partial charge in [0.25, 0.3) is 0 Å². The number of hydrogen-bond acceptors (Lipinski definition) is 3. The van der Waals surface area contributed by atoms with Crippen molar-refractivity contribution in [2.75, 3.05) is 24.5 Å². The van der Waals surface area contributed by atoms with Crippen molar-refractivity contribution >= 4 is 28.9 Å². The fourth-order valence-electron chi connectivity index (χ4n) is 3.72. The van der Waals surface area contributed by atoms with Gasteiger partial charge in [-0.15, -0.1) is 0 Å². The largest absolute Gasteiger partial charge is 0.480 e. The third-order valence-electron chi connectivity index (χ3n) is 5.09. The minimum Gasteiger partial charge on any atom is -0.480 e. The van der Waals surface area contributed by atoms with Crippen molar-refractivity contribution in [3.05, 3.63) is 70.0 Å². The van der Waals surface area contributed by atoms with Crippen LogP contribution in [0.15, 0.2) is 42.5 Å². The maximum atomic E-state index is 13.5. The van der Waals surface area contributed by atoms with Gasteiger partial charge in [-0.1, -0.05) is 35.9 Å². The zero-order valence-corrected chi connectivity index (χ0v) is 16.6. The predicted molar refractivity (Wildman–Crippen MR) is 108 cm³/mol. The lowest BCUT2D eigenvalue weighted by Crippen LogP contribution is -2.38. The summed E-state index contributed by atoms with van der Waals surface area (Å²) in [6, 6.07) is 9.98. The normalized spacial score (nSPS) is 17.0. The van der Waals surface area contributed by atoms with Gasteiger partial charge < -0.3 is 10.0 Å². The van der Waals surface area contributed by atoms with Crippen molar-refractivity contribution < 1.29 is 23.1 Å². The van der Waals surface area contributed by atoms with Crippen LogP contribution in [0.2, 0.25) is 5.02 Å². The van der Waals surface area contributed by atoms with E-state index in [0.717, 1.165) is 6.07 Å². The molecule has 2 aromatic carbocycles. The molecule has 1 saturated heterocycles. The molecule has 1 aliphatic heterocycles. The van der Waals surface area contributed by atoms with Gasteiger partial charge in [0.05, 0.1) is 18.7 Å². The highest BCUT2D eigenvalue weighted by atomic mass is 35.5. The van der Waals surface area contributed by atoms with E-state index in [4.69, 9.17) is 23.3 Å². The maximum Gasteiger partial charge on any atom is 0.416 e. The number of carboxylic acid groups (broad SMARTS) is 1. The number of likely N-dealkylation sites (tertiary alicyclic amines) is 1. The van der Waals surface area contributed by atoms with Crippen LogP contribution in [0, 0.1) is 6.57 Å². The third-order valence-corrected chi connectivity index (χ3v) is 5.40. The first-order valence-electron chi connectivity index (χ1n) is 9.22. The molecule has 0 amide bonds. The molecular formula is C21H19ClF3N3O2. The SMILES string of the molecule is [C-]#[N+]c1ccc(N(Cc2ccccc2C(F)(F)F)[C@H]2CCN(CC(=O)O)C2)cc1Cl. The Labute approximate surface area is 177 Å². The topological polar surface area (TPSA) is 48.1 Å². The van der Waals surface area contributed by atoms with Crippen molar-refractivity contribution in [2.45, 2.75) is 25.2 Å². The predicted octanol–water partition coefficient (Wildman–Crippen LogP) is 5.08. The molecule has 30 heavy (non-hydrogen) atoms. The fraction of sp³-hybridized carbons (Fsp3) is 0.333. The van der Waals surface area contributed by atoms with Gasteiger partial charge in [-0.25, -0.2) is 4.85 Å². The summed E-state index contributed by atoms with van der Waals surface area (Å²) in [5, 5.41) is 9.26. The summed E-state index contributed by atoms with van der Waals surface area (Å²) < 4.78 is 40.5. The highest BCUT2D eigenvalue weighted by molar-refractivity contribution is 6.33. The Bertz CT molecular complexity index is 975. The summed E-state index contributed by atoms with van der Waals surface area (Å²) in [7, 11) is 0. The number of benzene rings is 2. The molecule has 0 radical (unpaired) electrons. The Morgan fingerprint density at radius 1 is 1.30 bits per heavy atom. The smallest absolute Gasteiger partial charge is 0.416 e. The van der Waals surface area contributed by atoms with Gasteiger partial charge in [-0.05, 0) is 30.2 Å². The molecule has 1 fully saturated rings. The van der Waals surface area contributed by atoms with Crippen LogP contribution in [0.5, 0.6) is 0 Å². The first kappa shape index (κ1) is 21.9. The van der Waals surface area contributed by atoms with E-state index in [9.17, 15) is 18.0 Å². The first-order valence-corrected chi connectivity index (χ1v) is 9.59. The van der Waals surface area contributed by atoms with Gasteiger partial charge in [0.1, 0.15) is 0 Å². The Balaban J connectivity index is 1.96. The van der Waals surface area contributed by atoms with Crippen molar-refractivity contribution in [2.24, 2.45) is 0 Å². The number of carboxylic acids is 1. The van der Waals surface area contributed by atoms with E-state index in [-0.39, 0.29) is 35.4 Å². The molecule has 9 heteroatoms. The van der Waals surface area contributed by atoms with Crippen LogP contribution < -0.4 is 4.90 Å². The second kappa shape index (κ2) is 8.94. The highest BCUT2D eigenvalue weighted by Gasteiger charge is 2.35. The van der Waals surface area contributed by atoms with Gasteiger partial charge in [0, 0.05) is 36.4 Å². The lowest BCUT2D eigenvalue weighted by molar-refractivity contribution is -0.139. The van der Waals surface area contributed by atoms with Crippen molar-refractivity contribution in [1.29, 1.82) is 0 Å². The van der Waals surface area contributed by atoms with Crippen molar-refractivity contribution in [3.8, 4) is 0 Å². The van der Waals surface area contributed by atoms with Crippen LogP contribution in [0.4, 0.5) is 24.5 Å². The number of carbonyl (C=O) groups is 1. The summed E-state index contributed by atoms with van der Waals surface area (Å²) in [5.41, 5.74) is 0.257. The number of nitrogens with zero attached hydrogens (tertiary/aromatic N) is 3. The van der Waals surface area contributed by atoms with E-state index < -0.39 is 17.7 Å². The summed E-state index contributed by atoms with van der Waals surface area (Å²) in [5.74, 6) is -0.950. The van der Waals surface area contributed by atoms with E-state index >= 15 is 0 Å². The zero-order valence-electron chi connectivity index (χ0n) is 15.9. The molecule has 1 heterocycles. The molecule has 1 atom stereocenters. The van der Waals surface area contributed by atoms with E-state index in [2.05, 4.69) is 4.85 Å². The molecule has 1 N–H and O–H groups in total. The van der Waals surface area contributed by atoms with Gasteiger partial charge in [-0.2, -0.15) is 13.2 Å². The molecule has 1 aliphatic rings. The average molecular weight is 438 g/mol. The third kappa shape index (κ3) is 5.04. The van der Waals surface area contributed by atoms with E-state index in [1.807, 2.05) is 4.90 Å². The Kier molecular flexibility index (Phi) is 6.54. The Morgan fingerprint density at radius 2 is 2.03 bits per heavy atom. The summed E-state index contributed by atoms with van der Waals surface area (Å²) >= 11 is 6.18. The van der Waals surface area contributed by atoms with Gasteiger partial charge in [0.2, 0.25) is 5.69 Å². The first-order chi connectivity index (χ1) is 14.2. The molecule has 0 saturated carbocycles. The lowest BCUT2D eigenvalue weighted by Gasteiger charge is -2.32. The van der Waals surface area contributed by atoms with E-state index in [1.54, 1.807) is 23.1 Å². The number of hydrogen-bond donors (Lipinski definition) is 1. The van der Waals surface area contributed by atoms with Gasteiger partial charge in [-0.3, -0.25) is 9.69 Å². The molecule has 3 rings (SSSR count). The Hall–Kier alpha value is -2.76. The van der Waals surface area contributed by atoms with Gasteiger partial charge >= 0.3 is 12.1 Å². The molecule has 0 spiro atoms. The monoisotopic (exact) mass is 437 g/mol. The lowest BCUT2D eigenvalue weighted by atomic mass is 10.0. The average Bonchev–Trinajstić information content (AvgIpc) is 3.13. The van der Waals surface area contributed by atoms with Crippen LogP contribution in [-0.2, 0) is 17.5 Å². The number of rotatable bonds is 6. The van der Waals surface area contributed by atoms with Crippen LogP contribution in [0.1, 0.15) is 17.5 Å². The minimum absolute atomic E-state index is 0.0189. The fourth-order valence-corrected chi connectivity index (χ4v) is 3.93. The number of halogens is 4. The number of anilines is 1. The molecule has 5 nitrogen and oxygen atoms in total. The van der Waals surface area contributed by atoms with Crippen LogP contribution in [0.25, 0.3) is 4.85 Å². The van der Waals surface area contributed by atoms with E-state index in [1.165, 1.54) is 18.2 Å². The van der Waals surface area contributed by atoms with Crippen LogP contribution in [0.3, 0.4) is 0 Å². The summed E-state index contributed by atoms with van der Waals surface area (Å²) in [6.07, 6.45) is -3.89. The Morgan fingerprint density at radius 3 is 2.67 bits per heavy atom. The van der Waals surface area contributed by atoms with Crippen molar-refractivity contribution in [3.63, 3.8) is 0 Å².